The van der Waals surface area contributed by atoms with Gasteiger partial charge in [0.15, 0.2) is 0 Å². The van der Waals surface area contributed by atoms with Crippen molar-refractivity contribution in [3.8, 4) is 0 Å². The summed E-state index contributed by atoms with van der Waals surface area (Å²) in [6, 6.07) is 0. The van der Waals surface area contributed by atoms with Gasteiger partial charge < -0.3 is 20.4 Å². The molecular formula is C9H11N5V4Y3-2. The van der Waals surface area contributed by atoms with Gasteiger partial charge in [0.05, 0.1) is 0 Å². The van der Waals surface area contributed by atoms with Crippen molar-refractivity contribution < 1.29 is 172 Å². The minimum atomic E-state index is 0. The van der Waals surface area contributed by atoms with Crippen molar-refractivity contribution >= 4 is 17.0 Å². The molecule has 0 aliphatic rings. The number of aromatic nitrogens is 3. The molecule has 0 fully saturated rings. The number of nitrogens with zero attached hydrogens (tertiary/aromatic N) is 3. The number of nitrogen functional groups attached to an aromatic ring is 1. The van der Waals surface area contributed by atoms with Crippen molar-refractivity contribution in [2.24, 2.45) is 5.84 Å². The van der Waals surface area contributed by atoms with Crippen LogP contribution in [0.3, 0.4) is 0 Å². The first-order chi connectivity index (χ1) is 6.76. The van der Waals surface area contributed by atoms with E-state index in [1.54, 1.807) is 0 Å². The average molecular weight is 660 g/mol. The summed E-state index contributed by atoms with van der Waals surface area (Å²) in [5.41, 5.74) is 5.98. The maximum atomic E-state index is 5.23. The van der Waals surface area contributed by atoms with E-state index >= 15 is 0 Å². The molecule has 103 valence electrons. The molecule has 0 amide bonds. The molecule has 5 nitrogen and oxygen atoms in total. The predicted molar refractivity (Wildman–Crippen MR) is 53.6 cm³/mol. The van der Waals surface area contributed by atoms with Crippen LogP contribution in [0.2, 0.25) is 0 Å². The Morgan fingerprint density at radius 1 is 1.14 bits per heavy atom. The molecule has 2 heterocycles. The molecule has 3 N–H and O–H groups in total. The van der Waals surface area contributed by atoms with Gasteiger partial charge in [0.25, 0.3) is 0 Å². The van der Waals surface area contributed by atoms with Gasteiger partial charge in [-0.05, 0) is 0 Å². The maximum absolute atomic E-state index is 5.23. The number of imidazole rings is 1. The van der Waals surface area contributed by atoms with Crippen molar-refractivity contribution in [2.75, 3.05) is 5.43 Å². The molecule has 0 atom stereocenters. The second-order valence-corrected chi connectivity index (χ2v) is 3.03. The molecule has 21 heavy (non-hydrogen) atoms. The van der Waals surface area contributed by atoms with E-state index in [-0.39, 0.29) is 172 Å². The molecule has 2 rings (SSSR count). The summed E-state index contributed by atoms with van der Waals surface area (Å²) < 4.78 is 0. The quantitative estimate of drug-likeness (QED) is 0.280. The largest absolute Gasteiger partial charge is 0.425 e. The zero-order valence-corrected chi connectivity index (χ0v) is 25.7. The van der Waals surface area contributed by atoms with Crippen LogP contribution >= 0.6 is 0 Å². The number of hydrogen-bond acceptors (Lipinski definition) is 4. The Morgan fingerprint density at radius 3 is 2.10 bits per heavy atom. The zero-order valence-electron chi connectivity index (χ0n) is 11.6. The third kappa shape index (κ3) is 10.7. The second kappa shape index (κ2) is 20.3. The fourth-order valence-corrected chi connectivity index (χ4v) is 1.49. The van der Waals surface area contributed by atoms with E-state index in [4.69, 9.17) is 5.84 Å². The van der Waals surface area contributed by atoms with Crippen molar-refractivity contribution in [1.29, 1.82) is 0 Å². The molecule has 0 spiro atoms. The Balaban J connectivity index is -0.0000000804. The van der Waals surface area contributed by atoms with E-state index in [0.717, 1.165) is 23.2 Å². The van der Waals surface area contributed by atoms with Crippen molar-refractivity contribution in [2.45, 2.75) is 20.3 Å². The molecule has 0 aliphatic carbocycles. The fourth-order valence-electron chi connectivity index (χ4n) is 1.49. The van der Waals surface area contributed by atoms with E-state index in [1.165, 1.54) is 0 Å². The Labute approximate surface area is 248 Å². The SMILES string of the molecule is CCc1c(C)n[c-]c2nc(NN)[n-]c12.[V].[V].[V].[V].[Y].[Y].[Y]. The third-order valence-corrected chi connectivity index (χ3v) is 2.19. The summed E-state index contributed by atoms with van der Waals surface area (Å²) in [6.07, 6.45) is 3.71. The van der Waals surface area contributed by atoms with Crippen molar-refractivity contribution in [1.82, 2.24) is 15.0 Å². The number of fused-ring (bicyclic) bond motifs is 1. The van der Waals surface area contributed by atoms with Crippen LogP contribution in [-0.4, -0.2) is 9.97 Å². The van der Waals surface area contributed by atoms with Gasteiger partial charge in [-0.2, -0.15) is 0 Å². The molecule has 2 aromatic rings. The molecular weight excluding hydrogens is 649 g/mol. The van der Waals surface area contributed by atoms with E-state index < -0.39 is 0 Å². The van der Waals surface area contributed by atoms with Gasteiger partial charge >= 0.3 is 0 Å². The van der Waals surface area contributed by atoms with Gasteiger partial charge in [-0.1, -0.05) is 37.7 Å². The van der Waals surface area contributed by atoms with Gasteiger partial charge in [-0.3, -0.25) is 5.84 Å². The van der Waals surface area contributed by atoms with Gasteiger partial charge in [-0.25, -0.2) is 0 Å². The van der Waals surface area contributed by atoms with E-state index in [1.807, 2.05) is 6.92 Å². The second-order valence-electron chi connectivity index (χ2n) is 3.03. The van der Waals surface area contributed by atoms with Gasteiger partial charge in [0.2, 0.25) is 0 Å². The number of anilines is 1. The first-order valence-electron chi connectivity index (χ1n) is 4.44. The summed E-state index contributed by atoms with van der Waals surface area (Å²) in [5.74, 6) is 5.65. The number of hydrogen-bond donors (Lipinski definition) is 2. The molecule has 0 bridgehead atoms. The first-order valence-corrected chi connectivity index (χ1v) is 4.44. The number of pyridine rings is 1. The maximum Gasteiger partial charge on any atom is 0.0130 e. The number of rotatable bonds is 2. The summed E-state index contributed by atoms with van der Waals surface area (Å²) in [5, 5.41) is 0. The van der Waals surface area contributed by atoms with Crippen LogP contribution in [0.25, 0.3) is 11.0 Å². The summed E-state index contributed by atoms with van der Waals surface area (Å²) in [7, 11) is 0. The van der Waals surface area contributed by atoms with Crippen LogP contribution in [0.15, 0.2) is 0 Å². The van der Waals surface area contributed by atoms with Gasteiger partial charge in [0.1, 0.15) is 0 Å². The average Bonchev–Trinajstić information content (AvgIpc) is 2.60. The molecule has 12 heteroatoms. The van der Waals surface area contributed by atoms with Crippen LogP contribution in [0.1, 0.15) is 18.2 Å². The number of aryl methyl sites for hydroxylation is 2. The fraction of sp³-hybridized carbons (Fsp3) is 0.333. The van der Waals surface area contributed by atoms with Crippen LogP contribution in [0.5, 0.6) is 0 Å². The summed E-state index contributed by atoms with van der Waals surface area (Å²) >= 11 is 0. The smallest absolute Gasteiger partial charge is 0.0130 e. The Kier molecular flexibility index (Phi) is 38.7. The monoisotopic (exact) mass is 660 g/mol. The zero-order chi connectivity index (χ0) is 10.1. The Bertz CT molecular complexity index is 486. The molecule has 2 aromatic heterocycles. The van der Waals surface area contributed by atoms with Crippen LogP contribution < -0.4 is 16.3 Å². The summed E-state index contributed by atoms with van der Waals surface area (Å²) in [4.78, 5) is 12.5. The van der Waals surface area contributed by atoms with Crippen molar-refractivity contribution in [3.05, 3.63) is 17.5 Å². The predicted octanol–water partition coefficient (Wildman–Crippen LogP) is 0.526. The molecule has 0 unspecified atom stereocenters. The first kappa shape index (κ1) is 39.9. The third-order valence-electron chi connectivity index (χ3n) is 2.19. The number of nitrogens with one attached hydrogen (secondary N) is 1. The standard InChI is InChI=1S/C9H11N5.4V.3Y/c1-3-6-5(2)11-4-7-8(6)13-9(12-7)14-10;;;;;;;/h3,10H2,1-2H3,(H-,12,13,14);;;;;;;/q-2;;;;;;;. The van der Waals surface area contributed by atoms with Gasteiger partial charge in [0, 0.05) is 178 Å². The summed E-state index contributed by atoms with van der Waals surface area (Å²) in [6.45, 7) is 4.01. The minimum Gasteiger partial charge on any atom is -0.425 e. The van der Waals surface area contributed by atoms with E-state index in [2.05, 4.69) is 33.5 Å². The minimum absolute atomic E-state index is 0. The Morgan fingerprint density at radius 2 is 1.67 bits per heavy atom. The topological polar surface area (TPSA) is 77.9 Å². The molecule has 7 radical (unpaired) electrons. The van der Waals surface area contributed by atoms with Gasteiger partial charge in [-0.15, -0.1) is 11.1 Å². The Hall–Kier alpha value is 4.03. The van der Waals surface area contributed by atoms with Crippen LogP contribution in [0.4, 0.5) is 5.95 Å². The van der Waals surface area contributed by atoms with Crippen molar-refractivity contribution in [3.63, 3.8) is 0 Å². The molecule has 0 aliphatic heterocycles. The molecule has 0 aromatic carbocycles. The molecule has 0 saturated heterocycles. The number of nitrogens with two attached hydrogens (primary N) is 1. The van der Waals surface area contributed by atoms with Crippen LogP contribution in [-0.2, 0) is 179 Å². The van der Waals surface area contributed by atoms with Crippen LogP contribution in [0, 0.1) is 13.1 Å². The van der Waals surface area contributed by atoms with E-state index in [9.17, 15) is 0 Å². The number of hydrazine groups is 1. The molecule has 0 saturated carbocycles. The normalized spacial score (nSPS) is 7.19. The van der Waals surface area contributed by atoms with E-state index in [0.29, 0.717) is 11.5 Å².